The average Bonchev–Trinajstić information content (AvgIpc) is 2.12. The van der Waals surface area contributed by atoms with Crippen molar-refractivity contribution in [3.8, 4) is 0 Å². The van der Waals surface area contributed by atoms with Gasteiger partial charge in [0.15, 0.2) is 0 Å². The second kappa shape index (κ2) is 6.38. The number of aliphatic hydroxyl groups excluding tert-OH is 1. The van der Waals surface area contributed by atoms with Gasteiger partial charge in [0.25, 0.3) is 0 Å². The zero-order valence-electron chi connectivity index (χ0n) is 7.85. The molecule has 0 rings (SSSR count). The van der Waals surface area contributed by atoms with E-state index in [2.05, 4.69) is 6.92 Å². The molecule has 0 aliphatic heterocycles. The first-order valence-electron chi connectivity index (χ1n) is 4.64. The molecule has 0 aliphatic carbocycles. The molecule has 0 aromatic carbocycles. The summed E-state index contributed by atoms with van der Waals surface area (Å²) in [6.07, 6.45) is 4.89. The second-order valence-corrected chi connectivity index (χ2v) is 3.46. The third-order valence-electron chi connectivity index (χ3n) is 2.11. The molecule has 1 unspecified atom stereocenters. The minimum Gasteiger partial charge on any atom is -0.394 e. The third-order valence-corrected chi connectivity index (χ3v) is 2.11. The molecular formula is C9H20FNO. The number of halogens is 1. The zero-order chi connectivity index (χ0) is 9.45. The molecule has 0 radical (unpaired) electrons. The Morgan fingerprint density at radius 2 is 2.00 bits per heavy atom. The monoisotopic (exact) mass is 177 g/mol. The van der Waals surface area contributed by atoms with Crippen LogP contribution in [0, 0.1) is 0 Å². The summed E-state index contributed by atoms with van der Waals surface area (Å²) in [4.78, 5) is 0. The Morgan fingerprint density at radius 1 is 1.33 bits per heavy atom. The van der Waals surface area contributed by atoms with E-state index >= 15 is 0 Å². The average molecular weight is 177 g/mol. The van der Waals surface area contributed by atoms with E-state index in [4.69, 9.17) is 10.8 Å². The van der Waals surface area contributed by atoms with Crippen molar-refractivity contribution in [3.05, 3.63) is 0 Å². The van der Waals surface area contributed by atoms with Crippen molar-refractivity contribution in [1.82, 2.24) is 0 Å². The first-order chi connectivity index (χ1) is 5.68. The van der Waals surface area contributed by atoms with Gasteiger partial charge in [-0.05, 0) is 6.42 Å². The van der Waals surface area contributed by atoms with E-state index in [1.165, 1.54) is 0 Å². The van der Waals surface area contributed by atoms with Crippen LogP contribution in [-0.2, 0) is 0 Å². The van der Waals surface area contributed by atoms with Crippen molar-refractivity contribution < 1.29 is 9.50 Å². The Morgan fingerprint density at radius 3 is 2.42 bits per heavy atom. The van der Waals surface area contributed by atoms with Crippen LogP contribution in [-0.4, -0.2) is 23.9 Å². The lowest BCUT2D eigenvalue weighted by Crippen LogP contribution is -2.45. The fourth-order valence-electron chi connectivity index (χ4n) is 1.09. The molecule has 0 amide bonds. The molecule has 1 atom stereocenters. The fourth-order valence-corrected chi connectivity index (χ4v) is 1.09. The van der Waals surface area contributed by atoms with E-state index < -0.39 is 12.2 Å². The summed E-state index contributed by atoms with van der Waals surface area (Å²) in [5.41, 5.74) is 4.58. The predicted molar refractivity (Wildman–Crippen MR) is 48.7 cm³/mol. The number of hydrogen-bond acceptors (Lipinski definition) is 2. The van der Waals surface area contributed by atoms with Crippen LogP contribution in [0.15, 0.2) is 0 Å². The van der Waals surface area contributed by atoms with E-state index in [-0.39, 0.29) is 6.61 Å². The SMILES string of the molecule is CCCCCCC(N)(CO)CF. The normalized spacial score (nSPS) is 16.0. The topological polar surface area (TPSA) is 46.2 Å². The lowest BCUT2D eigenvalue weighted by Gasteiger charge is -2.22. The lowest BCUT2D eigenvalue weighted by atomic mass is 9.95. The smallest absolute Gasteiger partial charge is 0.110 e. The van der Waals surface area contributed by atoms with Crippen molar-refractivity contribution in [2.75, 3.05) is 13.3 Å². The van der Waals surface area contributed by atoms with Gasteiger partial charge in [-0.15, -0.1) is 0 Å². The summed E-state index contributed by atoms with van der Waals surface area (Å²) in [6, 6.07) is 0. The van der Waals surface area contributed by atoms with Crippen molar-refractivity contribution in [2.45, 2.75) is 44.6 Å². The number of unbranched alkanes of at least 4 members (excludes halogenated alkanes) is 3. The van der Waals surface area contributed by atoms with Crippen LogP contribution < -0.4 is 5.73 Å². The van der Waals surface area contributed by atoms with Crippen LogP contribution in [0.25, 0.3) is 0 Å². The molecule has 0 aromatic heterocycles. The lowest BCUT2D eigenvalue weighted by molar-refractivity contribution is 0.154. The van der Waals surface area contributed by atoms with Gasteiger partial charge in [0.2, 0.25) is 0 Å². The van der Waals surface area contributed by atoms with Gasteiger partial charge in [-0.1, -0.05) is 32.6 Å². The van der Waals surface area contributed by atoms with Gasteiger partial charge in [-0.2, -0.15) is 0 Å². The second-order valence-electron chi connectivity index (χ2n) is 3.46. The minimum absolute atomic E-state index is 0.254. The molecule has 0 heterocycles. The van der Waals surface area contributed by atoms with Gasteiger partial charge < -0.3 is 10.8 Å². The maximum absolute atomic E-state index is 12.3. The number of rotatable bonds is 7. The highest BCUT2D eigenvalue weighted by Gasteiger charge is 2.22. The van der Waals surface area contributed by atoms with Crippen LogP contribution in [0.3, 0.4) is 0 Å². The Labute approximate surface area is 74.0 Å². The van der Waals surface area contributed by atoms with Crippen molar-refractivity contribution in [3.63, 3.8) is 0 Å². The fraction of sp³-hybridized carbons (Fsp3) is 1.00. The maximum Gasteiger partial charge on any atom is 0.110 e. The molecule has 0 spiro atoms. The Balaban J connectivity index is 3.45. The summed E-state index contributed by atoms with van der Waals surface area (Å²) in [5.74, 6) is 0. The zero-order valence-corrected chi connectivity index (χ0v) is 7.85. The molecule has 0 aliphatic rings. The molecule has 0 bridgehead atoms. The first kappa shape index (κ1) is 11.8. The predicted octanol–water partition coefficient (Wildman–Crippen LogP) is 1.62. The number of nitrogens with two attached hydrogens (primary N) is 1. The molecule has 3 N–H and O–H groups in total. The highest BCUT2D eigenvalue weighted by atomic mass is 19.1. The summed E-state index contributed by atoms with van der Waals surface area (Å²) < 4.78 is 12.3. The van der Waals surface area contributed by atoms with Gasteiger partial charge in [0, 0.05) is 0 Å². The van der Waals surface area contributed by atoms with Crippen molar-refractivity contribution in [1.29, 1.82) is 0 Å². The van der Waals surface area contributed by atoms with Gasteiger partial charge in [-0.3, -0.25) is 0 Å². The van der Waals surface area contributed by atoms with Gasteiger partial charge in [0.1, 0.15) is 6.67 Å². The molecular weight excluding hydrogens is 157 g/mol. The van der Waals surface area contributed by atoms with Crippen LogP contribution in [0.2, 0.25) is 0 Å². The number of hydrogen-bond donors (Lipinski definition) is 2. The summed E-state index contributed by atoms with van der Waals surface area (Å²) in [6.45, 7) is 1.24. The van der Waals surface area contributed by atoms with E-state index in [0.29, 0.717) is 6.42 Å². The van der Waals surface area contributed by atoms with Gasteiger partial charge in [-0.25, -0.2) is 4.39 Å². The van der Waals surface area contributed by atoms with E-state index in [9.17, 15) is 4.39 Å². The molecule has 0 saturated heterocycles. The molecule has 0 saturated carbocycles. The summed E-state index contributed by atoms with van der Waals surface area (Å²) in [7, 11) is 0. The molecule has 3 heteroatoms. The molecule has 12 heavy (non-hydrogen) atoms. The van der Waals surface area contributed by atoms with Gasteiger partial charge in [0.05, 0.1) is 12.1 Å². The molecule has 0 fully saturated rings. The standard InChI is InChI=1S/C9H20FNO/c1-2-3-4-5-6-9(11,7-10)8-12/h12H,2-8,11H2,1H3. The quantitative estimate of drug-likeness (QED) is 0.580. The molecule has 74 valence electrons. The minimum atomic E-state index is -0.978. The molecule has 2 nitrogen and oxygen atoms in total. The first-order valence-corrected chi connectivity index (χ1v) is 4.64. The van der Waals surface area contributed by atoms with Crippen LogP contribution in [0.5, 0.6) is 0 Å². The number of aliphatic hydroxyl groups is 1. The third kappa shape index (κ3) is 4.67. The largest absolute Gasteiger partial charge is 0.394 e. The Kier molecular flexibility index (Phi) is 6.30. The summed E-state index contributed by atoms with van der Waals surface area (Å²) >= 11 is 0. The van der Waals surface area contributed by atoms with E-state index in [1.807, 2.05) is 0 Å². The van der Waals surface area contributed by atoms with Crippen LogP contribution >= 0.6 is 0 Å². The van der Waals surface area contributed by atoms with Crippen LogP contribution in [0.4, 0.5) is 4.39 Å². The number of alkyl halides is 1. The maximum atomic E-state index is 12.3. The van der Waals surface area contributed by atoms with Crippen molar-refractivity contribution >= 4 is 0 Å². The van der Waals surface area contributed by atoms with Gasteiger partial charge >= 0.3 is 0 Å². The van der Waals surface area contributed by atoms with Crippen LogP contribution in [0.1, 0.15) is 39.0 Å². The highest BCUT2D eigenvalue weighted by Crippen LogP contribution is 2.13. The summed E-state index contributed by atoms with van der Waals surface area (Å²) in [5, 5.41) is 8.78. The highest BCUT2D eigenvalue weighted by molar-refractivity contribution is 4.82. The molecule has 0 aromatic rings. The van der Waals surface area contributed by atoms with E-state index in [0.717, 1.165) is 25.7 Å². The Hall–Kier alpha value is -0.150. The van der Waals surface area contributed by atoms with Crippen molar-refractivity contribution in [2.24, 2.45) is 5.73 Å². The Bertz CT molecular complexity index is 105. The van der Waals surface area contributed by atoms with E-state index in [1.54, 1.807) is 0 Å².